The van der Waals surface area contributed by atoms with Gasteiger partial charge < -0.3 is 10.5 Å². The molecule has 0 atom stereocenters. The predicted molar refractivity (Wildman–Crippen MR) is 64.4 cm³/mol. The van der Waals surface area contributed by atoms with Crippen molar-refractivity contribution in [3.63, 3.8) is 0 Å². The first kappa shape index (κ1) is 12.1. The fourth-order valence-corrected chi connectivity index (χ4v) is 1.57. The Balaban J connectivity index is 2.63. The summed E-state index contributed by atoms with van der Waals surface area (Å²) in [5.74, 6) is 1.05. The number of rotatable bonds is 5. The van der Waals surface area contributed by atoms with Crippen molar-refractivity contribution in [2.45, 2.75) is 33.6 Å². The Morgan fingerprint density at radius 1 is 1.07 bits per heavy atom. The fourth-order valence-electron chi connectivity index (χ4n) is 1.57. The summed E-state index contributed by atoms with van der Waals surface area (Å²) in [5, 5.41) is 0. The normalized spacial score (nSPS) is 10.4. The third-order valence-corrected chi connectivity index (χ3v) is 2.72. The van der Waals surface area contributed by atoms with Crippen LogP contribution in [0.25, 0.3) is 0 Å². The van der Waals surface area contributed by atoms with Crippen LogP contribution >= 0.6 is 0 Å². The molecule has 1 rings (SSSR count). The molecule has 0 aliphatic carbocycles. The summed E-state index contributed by atoms with van der Waals surface area (Å²) in [7, 11) is 0. The maximum absolute atomic E-state index is 5.79. The maximum atomic E-state index is 5.79. The van der Waals surface area contributed by atoms with Crippen LogP contribution in [0.3, 0.4) is 0 Å². The standard InChI is InChI=1S/C13H21NO/c1-10-6-7-11(2)13(12(10)3)15-9-5-4-8-14/h6-7H,4-5,8-9,14H2,1-3H3. The Labute approximate surface area is 92.4 Å². The van der Waals surface area contributed by atoms with Gasteiger partial charge in [0.1, 0.15) is 5.75 Å². The van der Waals surface area contributed by atoms with Gasteiger partial charge in [0.25, 0.3) is 0 Å². The van der Waals surface area contributed by atoms with E-state index >= 15 is 0 Å². The van der Waals surface area contributed by atoms with Gasteiger partial charge in [-0.2, -0.15) is 0 Å². The predicted octanol–water partition coefficient (Wildman–Crippen LogP) is 2.73. The van der Waals surface area contributed by atoms with E-state index in [1.807, 2.05) is 0 Å². The number of aryl methyl sites for hydroxylation is 2. The zero-order valence-corrected chi connectivity index (χ0v) is 9.97. The molecular weight excluding hydrogens is 186 g/mol. The van der Waals surface area contributed by atoms with Crippen LogP contribution in [0.2, 0.25) is 0 Å². The van der Waals surface area contributed by atoms with E-state index in [0.717, 1.165) is 31.7 Å². The Kier molecular flexibility index (Phi) is 4.63. The molecule has 0 heterocycles. The molecule has 1 aromatic rings. The molecule has 2 nitrogen and oxygen atoms in total. The molecule has 0 saturated heterocycles. The largest absolute Gasteiger partial charge is 0.493 e. The summed E-state index contributed by atoms with van der Waals surface area (Å²) in [5.41, 5.74) is 9.19. The Hall–Kier alpha value is -1.02. The third-order valence-electron chi connectivity index (χ3n) is 2.72. The second kappa shape index (κ2) is 5.76. The van der Waals surface area contributed by atoms with Crippen molar-refractivity contribution in [2.24, 2.45) is 5.73 Å². The van der Waals surface area contributed by atoms with Gasteiger partial charge in [-0.1, -0.05) is 12.1 Å². The molecule has 0 aliphatic heterocycles. The zero-order chi connectivity index (χ0) is 11.3. The van der Waals surface area contributed by atoms with Gasteiger partial charge in [0, 0.05) is 0 Å². The number of nitrogens with two attached hydrogens (primary N) is 1. The minimum absolute atomic E-state index is 0.745. The van der Waals surface area contributed by atoms with Gasteiger partial charge in [0.05, 0.1) is 6.61 Å². The van der Waals surface area contributed by atoms with Gasteiger partial charge in [0.2, 0.25) is 0 Å². The van der Waals surface area contributed by atoms with E-state index in [2.05, 4.69) is 32.9 Å². The van der Waals surface area contributed by atoms with Crippen molar-refractivity contribution >= 4 is 0 Å². The van der Waals surface area contributed by atoms with Crippen LogP contribution in [-0.2, 0) is 0 Å². The minimum Gasteiger partial charge on any atom is -0.493 e. The number of benzene rings is 1. The fraction of sp³-hybridized carbons (Fsp3) is 0.538. The first-order valence-corrected chi connectivity index (χ1v) is 5.56. The van der Waals surface area contributed by atoms with E-state index in [1.165, 1.54) is 16.7 Å². The monoisotopic (exact) mass is 207 g/mol. The molecule has 2 N–H and O–H groups in total. The van der Waals surface area contributed by atoms with Crippen molar-refractivity contribution in [1.82, 2.24) is 0 Å². The maximum Gasteiger partial charge on any atom is 0.125 e. The highest BCUT2D eigenvalue weighted by Gasteiger charge is 2.05. The van der Waals surface area contributed by atoms with Gasteiger partial charge >= 0.3 is 0 Å². The van der Waals surface area contributed by atoms with E-state index in [-0.39, 0.29) is 0 Å². The summed E-state index contributed by atoms with van der Waals surface area (Å²) in [6, 6.07) is 4.25. The van der Waals surface area contributed by atoms with Gasteiger partial charge in [-0.05, 0) is 56.8 Å². The van der Waals surface area contributed by atoms with E-state index in [0.29, 0.717) is 0 Å². The average molecular weight is 207 g/mol. The molecule has 1 aromatic carbocycles. The van der Waals surface area contributed by atoms with Crippen molar-refractivity contribution in [1.29, 1.82) is 0 Å². The number of hydrogen-bond donors (Lipinski definition) is 1. The van der Waals surface area contributed by atoms with E-state index in [1.54, 1.807) is 0 Å². The van der Waals surface area contributed by atoms with Crippen molar-refractivity contribution < 1.29 is 4.74 Å². The summed E-state index contributed by atoms with van der Waals surface area (Å²) in [6.45, 7) is 7.82. The molecule has 84 valence electrons. The topological polar surface area (TPSA) is 35.2 Å². The highest BCUT2D eigenvalue weighted by Crippen LogP contribution is 2.25. The third kappa shape index (κ3) is 3.24. The molecular formula is C13H21NO. The average Bonchev–Trinajstić information content (AvgIpc) is 2.23. The van der Waals surface area contributed by atoms with Crippen molar-refractivity contribution in [2.75, 3.05) is 13.2 Å². The van der Waals surface area contributed by atoms with E-state index in [4.69, 9.17) is 10.5 Å². The van der Waals surface area contributed by atoms with E-state index < -0.39 is 0 Å². The summed E-state index contributed by atoms with van der Waals surface area (Å²) in [6.07, 6.45) is 2.06. The zero-order valence-electron chi connectivity index (χ0n) is 9.97. The smallest absolute Gasteiger partial charge is 0.125 e. The molecule has 0 spiro atoms. The first-order valence-electron chi connectivity index (χ1n) is 5.56. The molecule has 0 radical (unpaired) electrons. The van der Waals surface area contributed by atoms with Crippen LogP contribution in [0, 0.1) is 20.8 Å². The highest BCUT2D eigenvalue weighted by molar-refractivity contribution is 5.44. The number of unbranched alkanes of at least 4 members (excludes halogenated alkanes) is 1. The summed E-state index contributed by atoms with van der Waals surface area (Å²) >= 11 is 0. The molecule has 2 heteroatoms. The highest BCUT2D eigenvalue weighted by atomic mass is 16.5. The molecule has 0 saturated carbocycles. The first-order chi connectivity index (χ1) is 7.16. The molecule has 0 aliphatic rings. The molecule has 0 bridgehead atoms. The van der Waals surface area contributed by atoms with Gasteiger partial charge in [-0.25, -0.2) is 0 Å². The molecule has 0 aromatic heterocycles. The van der Waals surface area contributed by atoms with Gasteiger partial charge in [-0.15, -0.1) is 0 Å². The van der Waals surface area contributed by atoms with Gasteiger partial charge in [0.15, 0.2) is 0 Å². The number of hydrogen-bond acceptors (Lipinski definition) is 2. The minimum atomic E-state index is 0.745. The van der Waals surface area contributed by atoms with Crippen LogP contribution in [0.1, 0.15) is 29.5 Å². The SMILES string of the molecule is Cc1ccc(C)c(OCCCCN)c1C. The van der Waals surface area contributed by atoms with Gasteiger partial charge in [-0.3, -0.25) is 0 Å². The Morgan fingerprint density at radius 2 is 1.73 bits per heavy atom. The molecule has 15 heavy (non-hydrogen) atoms. The summed E-state index contributed by atoms with van der Waals surface area (Å²) < 4.78 is 5.79. The quantitative estimate of drug-likeness (QED) is 0.753. The second-order valence-electron chi connectivity index (χ2n) is 4.00. The van der Waals surface area contributed by atoms with Crippen LogP contribution in [0.15, 0.2) is 12.1 Å². The molecule has 0 fully saturated rings. The van der Waals surface area contributed by atoms with Crippen LogP contribution in [0.5, 0.6) is 5.75 Å². The molecule has 0 amide bonds. The lowest BCUT2D eigenvalue weighted by Crippen LogP contribution is -2.05. The second-order valence-corrected chi connectivity index (χ2v) is 4.00. The van der Waals surface area contributed by atoms with Crippen LogP contribution < -0.4 is 10.5 Å². The summed E-state index contributed by atoms with van der Waals surface area (Å²) in [4.78, 5) is 0. The lowest BCUT2D eigenvalue weighted by molar-refractivity contribution is 0.303. The molecule has 0 unspecified atom stereocenters. The lowest BCUT2D eigenvalue weighted by atomic mass is 10.1. The van der Waals surface area contributed by atoms with Crippen LogP contribution in [0.4, 0.5) is 0 Å². The Bertz CT molecular complexity index is 321. The van der Waals surface area contributed by atoms with Crippen molar-refractivity contribution in [3.8, 4) is 5.75 Å². The number of ether oxygens (including phenoxy) is 1. The Morgan fingerprint density at radius 3 is 2.40 bits per heavy atom. The van der Waals surface area contributed by atoms with E-state index in [9.17, 15) is 0 Å². The lowest BCUT2D eigenvalue weighted by Gasteiger charge is -2.13. The van der Waals surface area contributed by atoms with Crippen LogP contribution in [-0.4, -0.2) is 13.2 Å². The van der Waals surface area contributed by atoms with Crippen molar-refractivity contribution in [3.05, 3.63) is 28.8 Å².